The van der Waals surface area contributed by atoms with E-state index in [1.807, 2.05) is 6.92 Å². The SMILES string of the molecule is CCc1ccc(NC(=O)C2CCCCC2CN2C(=O)c3ccccc3C2=O)cc1[N+](=O)[O-]. The van der Waals surface area contributed by atoms with Crippen LogP contribution in [0.15, 0.2) is 42.5 Å². The predicted molar refractivity (Wildman–Crippen MR) is 118 cm³/mol. The number of rotatable bonds is 6. The van der Waals surface area contributed by atoms with E-state index in [4.69, 9.17) is 0 Å². The maximum atomic E-state index is 13.1. The standard InChI is InChI=1S/C24H25N3O5/c1-2-15-11-12-17(13-21(15)27(31)32)25-22(28)18-8-4-3-7-16(18)14-26-23(29)19-9-5-6-10-20(19)24(26)30/h5-6,9-13,16,18H,2-4,7-8,14H2,1H3,(H,25,28). The zero-order valence-corrected chi connectivity index (χ0v) is 17.9. The summed E-state index contributed by atoms with van der Waals surface area (Å²) in [5.74, 6) is -1.40. The van der Waals surface area contributed by atoms with E-state index < -0.39 is 4.92 Å². The summed E-state index contributed by atoms with van der Waals surface area (Å²) in [6, 6.07) is 11.5. The minimum atomic E-state index is -0.444. The molecule has 8 nitrogen and oxygen atoms in total. The smallest absolute Gasteiger partial charge is 0.274 e. The van der Waals surface area contributed by atoms with Crippen molar-refractivity contribution in [3.8, 4) is 0 Å². The molecule has 1 fully saturated rings. The Morgan fingerprint density at radius 1 is 1.09 bits per heavy atom. The number of benzene rings is 2. The van der Waals surface area contributed by atoms with Crippen molar-refractivity contribution in [2.24, 2.45) is 11.8 Å². The van der Waals surface area contributed by atoms with Gasteiger partial charge in [-0.05, 0) is 43.4 Å². The molecule has 1 aliphatic carbocycles. The van der Waals surface area contributed by atoms with Gasteiger partial charge in [-0.25, -0.2) is 0 Å². The highest BCUT2D eigenvalue weighted by molar-refractivity contribution is 6.21. The Hall–Kier alpha value is -3.55. The van der Waals surface area contributed by atoms with Crippen LogP contribution in [0.3, 0.4) is 0 Å². The Morgan fingerprint density at radius 2 is 1.75 bits per heavy atom. The predicted octanol–water partition coefficient (Wildman–Crippen LogP) is 4.20. The molecule has 2 aromatic carbocycles. The lowest BCUT2D eigenvalue weighted by molar-refractivity contribution is -0.385. The quantitative estimate of drug-likeness (QED) is 0.415. The van der Waals surface area contributed by atoms with Gasteiger partial charge >= 0.3 is 0 Å². The largest absolute Gasteiger partial charge is 0.326 e. The van der Waals surface area contributed by atoms with Crippen LogP contribution in [0, 0.1) is 22.0 Å². The molecule has 0 aromatic heterocycles. The number of carbonyl (C=O) groups is 3. The number of nitro benzene ring substituents is 1. The first-order chi connectivity index (χ1) is 15.4. The lowest BCUT2D eigenvalue weighted by atomic mass is 9.78. The van der Waals surface area contributed by atoms with Crippen LogP contribution in [0.1, 0.15) is 58.9 Å². The van der Waals surface area contributed by atoms with E-state index in [1.54, 1.807) is 36.4 Å². The van der Waals surface area contributed by atoms with Crippen LogP contribution < -0.4 is 5.32 Å². The number of imide groups is 1. The molecule has 32 heavy (non-hydrogen) atoms. The average Bonchev–Trinajstić information content (AvgIpc) is 3.04. The maximum absolute atomic E-state index is 13.1. The second kappa shape index (κ2) is 8.90. The second-order valence-electron chi connectivity index (χ2n) is 8.36. The van der Waals surface area contributed by atoms with E-state index in [0.29, 0.717) is 35.2 Å². The van der Waals surface area contributed by atoms with Gasteiger partial charge in [0.15, 0.2) is 0 Å². The lowest BCUT2D eigenvalue weighted by Gasteiger charge is -2.32. The van der Waals surface area contributed by atoms with Crippen molar-refractivity contribution in [3.05, 3.63) is 69.3 Å². The highest BCUT2D eigenvalue weighted by atomic mass is 16.6. The molecule has 0 bridgehead atoms. The highest BCUT2D eigenvalue weighted by Gasteiger charge is 2.40. The number of fused-ring (bicyclic) bond motifs is 1. The van der Waals surface area contributed by atoms with Crippen LogP contribution in [0.5, 0.6) is 0 Å². The molecule has 2 aliphatic rings. The summed E-state index contributed by atoms with van der Waals surface area (Å²) >= 11 is 0. The molecule has 2 unspecified atom stereocenters. The Bertz CT molecular complexity index is 1060. The minimum absolute atomic E-state index is 0.0171. The monoisotopic (exact) mass is 435 g/mol. The van der Waals surface area contributed by atoms with Gasteiger partial charge in [-0.2, -0.15) is 0 Å². The third-order valence-corrected chi connectivity index (χ3v) is 6.47. The Morgan fingerprint density at radius 3 is 2.38 bits per heavy atom. The fourth-order valence-corrected chi connectivity index (χ4v) is 4.76. The van der Waals surface area contributed by atoms with Crippen molar-refractivity contribution < 1.29 is 19.3 Å². The van der Waals surface area contributed by atoms with Gasteiger partial charge in [0.2, 0.25) is 5.91 Å². The van der Waals surface area contributed by atoms with Crippen molar-refractivity contribution >= 4 is 29.1 Å². The zero-order valence-electron chi connectivity index (χ0n) is 17.9. The molecule has 1 N–H and O–H groups in total. The number of anilines is 1. The van der Waals surface area contributed by atoms with E-state index in [9.17, 15) is 24.5 Å². The normalized spacial score (nSPS) is 20.2. The van der Waals surface area contributed by atoms with Crippen LogP contribution >= 0.6 is 0 Å². The molecule has 0 radical (unpaired) electrons. The summed E-state index contributed by atoms with van der Waals surface area (Å²) < 4.78 is 0. The van der Waals surface area contributed by atoms with E-state index in [2.05, 4.69) is 5.32 Å². The van der Waals surface area contributed by atoms with Gasteiger partial charge in [0, 0.05) is 29.8 Å². The number of aryl methyl sites for hydroxylation is 1. The summed E-state index contributed by atoms with van der Waals surface area (Å²) in [7, 11) is 0. The van der Waals surface area contributed by atoms with Crippen molar-refractivity contribution in [2.75, 3.05) is 11.9 Å². The minimum Gasteiger partial charge on any atom is -0.326 e. The maximum Gasteiger partial charge on any atom is 0.274 e. The summed E-state index contributed by atoms with van der Waals surface area (Å²) in [4.78, 5) is 50.8. The average molecular weight is 435 g/mol. The summed E-state index contributed by atoms with van der Waals surface area (Å²) in [6.45, 7) is 2.03. The zero-order chi connectivity index (χ0) is 22.8. The molecular weight excluding hydrogens is 410 g/mol. The van der Waals surface area contributed by atoms with Crippen molar-refractivity contribution in [3.63, 3.8) is 0 Å². The number of hydrogen-bond donors (Lipinski definition) is 1. The van der Waals surface area contributed by atoms with Gasteiger partial charge in [0.05, 0.1) is 16.1 Å². The first-order valence-electron chi connectivity index (χ1n) is 10.9. The Kier molecular flexibility index (Phi) is 6.03. The van der Waals surface area contributed by atoms with Gasteiger partial charge in [-0.3, -0.25) is 29.4 Å². The van der Waals surface area contributed by atoms with Crippen LogP contribution in [0.2, 0.25) is 0 Å². The molecule has 2 atom stereocenters. The van der Waals surface area contributed by atoms with E-state index >= 15 is 0 Å². The van der Waals surface area contributed by atoms with Gasteiger partial charge in [0.1, 0.15) is 0 Å². The molecule has 1 heterocycles. The number of carbonyl (C=O) groups excluding carboxylic acids is 3. The third-order valence-electron chi connectivity index (χ3n) is 6.47. The van der Waals surface area contributed by atoms with E-state index in [0.717, 1.165) is 19.3 Å². The fourth-order valence-electron chi connectivity index (χ4n) is 4.76. The number of nitrogens with zero attached hydrogens (tertiary/aromatic N) is 2. The second-order valence-corrected chi connectivity index (χ2v) is 8.36. The van der Waals surface area contributed by atoms with Gasteiger partial charge < -0.3 is 5.32 Å². The topological polar surface area (TPSA) is 110 Å². The van der Waals surface area contributed by atoms with Gasteiger partial charge in [-0.15, -0.1) is 0 Å². The van der Waals surface area contributed by atoms with Crippen LogP contribution in [0.4, 0.5) is 11.4 Å². The lowest BCUT2D eigenvalue weighted by Crippen LogP contribution is -2.41. The highest BCUT2D eigenvalue weighted by Crippen LogP contribution is 2.34. The first kappa shape index (κ1) is 21.7. The molecule has 0 spiro atoms. The molecule has 166 valence electrons. The summed E-state index contributed by atoms with van der Waals surface area (Å²) in [5.41, 5.74) is 1.77. The molecule has 4 rings (SSSR count). The van der Waals surface area contributed by atoms with Gasteiger partial charge in [-0.1, -0.05) is 38.0 Å². The number of nitrogens with one attached hydrogen (secondary N) is 1. The molecular formula is C24H25N3O5. The number of nitro groups is 1. The van der Waals surface area contributed by atoms with Gasteiger partial charge in [0.25, 0.3) is 17.5 Å². The molecule has 8 heteroatoms. The van der Waals surface area contributed by atoms with Crippen LogP contribution in [0.25, 0.3) is 0 Å². The van der Waals surface area contributed by atoms with Crippen molar-refractivity contribution in [2.45, 2.75) is 39.0 Å². The number of amides is 3. The van der Waals surface area contributed by atoms with Crippen LogP contribution in [-0.4, -0.2) is 34.1 Å². The van der Waals surface area contributed by atoms with Crippen molar-refractivity contribution in [1.82, 2.24) is 4.90 Å². The molecule has 2 aromatic rings. The first-order valence-corrected chi connectivity index (χ1v) is 10.9. The summed E-state index contributed by atoms with van der Waals surface area (Å²) in [5, 5.41) is 14.2. The Balaban J connectivity index is 1.50. The van der Waals surface area contributed by atoms with Crippen molar-refractivity contribution in [1.29, 1.82) is 0 Å². The number of hydrogen-bond acceptors (Lipinski definition) is 5. The molecule has 1 aliphatic heterocycles. The molecule has 0 saturated heterocycles. The summed E-state index contributed by atoms with van der Waals surface area (Å²) in [6.07, 6.45) is 3.71. The van der Waals surface area contributed by atoms with E-state index in [1.165, 1.54) is 11.0 Å². The third kappa shape index (κ3) is 4.00. The molecule has 1 saturated carbocycles. The molecule has 3 amide bonds. The Labute approximate surface area is 185 Å². The van der Waals surface area contributed by atoms with E-state index in [-0.39, 0.29) is 41.8 Å². The fraction of sp³-hybridized carbons (Fsp3) is 0.375. The van der Waals surface area contributed by atoms with Crippen LogP contribution in [-0.2, 0) is 11.2 Å².